The summed E-state index contributed by atoms with van der Waals surface area (Å²) in [6, 6.07) is 0. The summed E-state index contributed by atoms with van der Waals surface area (Å²) in [5, 5.41) is 0. The van der Waals surface area contributed by atoms with E-state index in [2.05, 4.69) is 6.92 Å². The summed E-state index contributed by atoms with van der Waals surface area (Å²) in [6.45, 7) is 2.55. The van der Waals surface area contributed by atoms with Crippen molar-refractivity contribution in [2.45, 2.75) is 84.0 Å². The van der Waals surface area contributed by atoms with Crippen molar-refractivity contribution in [3.05, 3.63) is 0 Å². The molecule has 0 radical (unpaired) electrons. The molecule has 0 amide bonds. The Morgan fingerprint density at radius 3 is 1.88 bits per heavy atom. The van der Waals surface area contributed by atoms with Gasteiger partial charge in [-0.05, 0) is 24.2 Å². The third kappa shape index (κ3) is 3.79. The standard InChI is InChI=1S/C16H30/c1-14(13-15-9-7-8-10-15)16-11-5-3-2-4-6-12-16/h14-16H,2-13H2,1H3. The molecule has 1 atom stereocenters. The van der Waals surface area contributed by atoms with Gasteiger partial charge >= 0.3 is 0 Å². The molecule has 1 unspecified atom stereocenters. The molecule has 0 N–H and O–H groups in total. The van der Waals surface area contributed by atoms with E-state index in [4.69, 9.17) is 0 Å². The molecule has 0 saturated heterocycles. The van der Waals surface area contributed by atoms with Crippen molar-refractivity contribution < 1.29 is 0 Å². The Kier molecular flexibility index (Phi) is 5.19. The van der Waals surface area contributed by atoms with E-state index in [0.29, 0.717) is 0 Å². The van der Waals surface area contributed by atoms with Gasteiger partial charge in [-0.1, -0.05) is 77.6 Å². The van der Waals surface area contributed by atoms with E-state index >= 15 is 0 Å². The van der Waals surface area contributed by atoms with Crippen LogP contribution in [0.2, 0.25) is 0 Å². The second-order valence-electron chi connectivity index (χ2n) is 6.47. The van der Waals surface area contributed by atoms with Crippen molar-refractivity contribution in [2.75, 3.05) is 0 Å². The Morgan fingerprint density at radius 1 is 0.750 bits per heavy atom. The van der Waals surface area contributed by atoms with Crippen molar-refractivity contribution in [1.82, 2.24) is 0 Å². The van der Waals surface area contributed by atoms with Gasteiger partial charge < -0.3 is 0 Å². The van der Waals surface area contributed by atoms with Gasteiger partial charge in [0.2, 0.25) is 0 Å². The average Bonchev–Trinajstić information content (AvgIpc) is 2.69. The molecule has 2 saturated carbocycles. The molecule has 2 fully saturated rings. The lowest BCUT2D eigenvalue weighted by Crippen LogP contribution is -2.16. The largest absolute Gasteiger partial charge is 0.0622 e. The molecule has 94 valence electrons. The van der Waals surface area contributed by atoms with Gasteiger partial charge in [-0.15, -0.1) is 0 Å². The van der Waals surface area contributed by atoms with Crippen LogP contribution in [0.4, 0.5) is 0 Å². The zero-order valence-corrected chi connectivity index (χ0v) is 11.2. The molecule has 2 rings (SSSR count). The molecular formula is C16H30. The van der Waals surface area contributed by atoms with Crippen molar-refractivity contribution in [3.8, 4) is 0 Å². The lowest BCUT2D eigenvalue weighted by atomic mass is 9.78. The smallest absolute Gasteiger partial charge is 0.0388 e. The summed E-state index contributed by atoms with van der Waals surface area (Å²) in [6.07, 6.45) is 18.3. The molecule has 2 aliphatic carbocycles. The van der Waals surface area contributed by atoms with Crippen LogP contribution >= 0.6 is 0 Å². The minimum Gasteiger partial charge on any atom is -0.0622 e. The molecule has 0 nitrogen and oxygen atoms in total. The maximum absolute atomic E-state index is 2.55. The van der Waals surface area contributed by atoms with Gasteiger partial charge in [0.1, 0.15) is 0 Å². The Bertz CT molecular complexity index is 170. The monoisotopic (exact) mass is 222 g/mol. The summed E-state index contributed by atoms with van der Waals surface area (Å²) in [5.74, 6) is 3.18. The van der Waals surface area contributed by atoms with Crippen LogP contribution in [-0.2, 0) is 0 Å². The first-order chi connectivity index (χ1) is 7.86. The van der Waals surface area contributed by atoms with Crippen molar-refractivity contribution >= 4 is 0 Å². The Hall–Kier alpha value is 0. The summed E-state index contributed by atoms with van der Waals surface area (Å²) < 4.78 is 0. The summed E-state index contributed by atoms with van der Waals surface area (Å²) in [7, 11) is 0. The minimum absolute atomic E-state index is 1.01. The zero-order chi connectivity index (χ0) is 11.2. The fourth-order valence-electron chi connectivity index (χ4n) is 4.02. The summed E-state index contributed by atoms with van der Waals surface area (Å²) >= 11 is 0. The molecule has 0 bridgehead atoms. The normalized spacial score (nSPS) is 27.6. The van der Waals surface area contributed by atoms with Crippen LogP contribution in [0.25, 0.3) is 0 Å². The lowest BCUT2D eigenvalue weighted by Gasteiger charge is -2.27. The van der Waals surface area contributed by atoms with E-state index in [9.17, 15) is 0 Å². The maximum atomic E-state index is 2.55. The fourth-order valence-corrected chi connectivity index (χ4v) is 4.02. The lowest BCUT2D eigenvalue weighted by molar-refractivity contribution is 0.240. The Balaban J connectivity index is 1.74. The van der Waals surface area contributed by atoms with Crippen molar-refractivity contribution in [3.63, 3.8) is 0 Å². The predicted octanol–water partition coefficient (Wildman–Crippen LogP) is 5.56. The van der Waals surface area contributed by atoms with Gasteiger partial charge in [0.15, 0.2) is 0 Å². The molecule has 0 aromatic carbocycles. The quantitative estimate of drug-likeness (QED) is 0.586. The third-order valence-electron chi connectivity index (χ3n) is 5.13. The van der Waals surface area contributed by atoms with Crippen molar-refractivity contribution in [1.29, 1.82) is 0 Å². The van der Waals surface area contributed by atoms with E-state index < -0.39 is 0 Å². The summed E-state index contributed by atoms with van der Waals surface area (Å²) in [5.41, 5.74) is 0. The van der Waals surface area contributed by atoms with Gasteiger partial charge in [0.25, 0.3) is 0 Å². The van der Waals surface area contributed by atoms with Gasteiger partial charge in [0.05, 0.1) is 0 Å². The maximum Gasteiger partial charge on any atom is -0.0388 e. The van der Waals surface area contributed by atoms with Gasteiger partial charge in [-0.2, -0.15) is 0 Å². The van der Waals surface area contributed by atoms with E-state index in [1.54, 1.807) is 6.42 Å². The highest BCUT2D eigenvalue weighted by molar-refractivity contribution is 4.75. The van der Waals surface area contributed by atoms with E-state index in [0.717, 1.165) is 17.8 Å². The molecule has 0 heterocycles. The van der Waals surface area contributed by atoms with Crippen LogP contribution in [-0.4, -0.2) is 0 Å². The summed E-state index contributed by atoms with van der Waals surface area (Å²) in [4.78, 5) is 0. The Morgan fingerprint density at radius 2 is 1.25 bits per heavy atom. The van der Waals surface area contributed by atoms with Crippen LogP contribution in [0.15, 0.2) is 0 Å². The van der Waals surface area contributed by atoms with E-state index in [-0.39, 0.29) is 0 Å². The average molecular weight is 222 g/mol. The van der Waals surface area contributed by atoms with Crippen LogP contribution in [0, 0.1) is 17.8 Å². The molecule has 0 aromatic rings. The fraction of sp³-hybridized carbons (Fsp3) is 1.00. The second-order valence-corrected chi connectivity index (χ2v) is 6.47. The molecule has 0 aromatic heterocycles. The molecule has 16 heavy (non-hydrogen) atoms. The van der Waals surface area contributed by atoms with Crippen LogP contribution < -0.4 is 0 Å². The predicted molar refractivity (Wildman–Crippen MR) is 71.5 cm³/mol. The van der Waals surface area contributed by atoms with Gasteiger partial charge in [0, 0.05) is 0 Å². The topological polar surface area (TPSA) is 0 Å². The van der Waals surface area contributed by atoms with Crippen molar-refractivity contribution in [2.24, 2.45) is 17.8 Å². The molecule has 0 heteroatoms. The van der Waals surface area contributed by atoms with Crippen LogP contribution in [0.3, 0.4) is 0 Å². The second kappa shape index (κ2) is 6.67. The molecule has 0 aliphatic heterocycles. The van der Waals surface area contributed by atoms with Gasteiger partial charge in [-0.25, -0.2) is 0 Å². The highest BCUT2D eigenvalue weighted by Crippen LogP contribution is 2.36. The van der Waals surface area contributed by atoms with Crippen LogP contribution in [0.1, 0.15) is 84.0 Å². The first-order valence-electron chi connectivity index (χ1n) is 7.86. The first-order valence-corrected chi connectivity index (χ1v) is 7.86. The first kappa shape index (κ1) is 12.5. The number of rotatable bonds is 3. The van der Waals surface area contributed by atoms with Crippen LogP contribution in [0.5, 0.6) is 0 Å². The number of hydrogen-bond acceptors (Lipinski definition) is 0. The minimum atomic E-state index is 1.01. The SMILES string of the molecule is CC(CC1CCCC1)C1CCCCCCC1. The zero-order valence-electron chi connectivity index (χ0n) is 11.2. The highest BCUT2D eigenvalue weighted by atomic mass is 14.3. The van der Waals surface area contributed by atoms with Gasteiger partial charge in [-0.3, -0.25) is 0 Å². The van der Waals surface area contributed by atoms with E-state index in [1.807, 2.05) is 0 Å². The number of hydrogen-bond donors (Lipinski definition) is 0. The highest BCUT2D eigenvalue weighted by Gasteiger charge is 2.23. The molecular weight excluding hydrogens is 192 g/mol. The molecule has 2 aliphatic rings. The Labute approximate surface area is 102 Å². The molecule has 0 spiro atoms. The van der Waals surface area contributed by atoms with E-state index in [1.165, 1.54) is 70.6 Å². The third-order valence-corrected chi connectivity index (χ3v) is 5.13.